The summed E-state index contributed by atoms with van der Waals surface area (Å²) >= 11 is 5.81. The Balaban J connectivity index is 1.64. The Morgan fingerprint density at radius 3 is 2.45 bits per heavy atom. The van der Waals surface area contributed by atoms with E-state index in [1.54, 1.807) is 30.5 Å². The van der Waals surface area contributed by atoms with Crippen LogP contribution in [0.25, 0.3) is 5.69 Å². The van der Waals surface area contributed by atoms with Crippen LogP contribution in [0.15, 0.2) is 91.3 Å². The molecular weight excluding hydrogens is 522 g/mol. The fraction of sp³-hybridized carbons (Fsp3) is 0.148. The molecule has 0 aliphatic carbocycles. The fourth-order valence-corrected chi connectivity index (χ4v) is 5.57. The zero-order valence-corrected chi connectivity index (χ0v) is 22.2. The molecule has 5 rings (SSSR count). The summed E-state index contributed by atoms with van der Waals surface area (Å²) in [5, 5.41) is 3.90. The highest BCUT2D eigenvalue weighted by Gasteiger charge is 2.42. The minimum absolute atomic E-state index is 0.309. The Morgan fingerprint density at radius 2 is 1.76 bits per heavy atom. The number of esters is 1. The fourth-order valence-electron chi connectivity index (χ4n) is 4.66. The Labute approximate surface area is 226 Å². The topological polar surface area (TPSA) is 106 Å². The van der Waals surface area contributed by atoms with Crippen molar-refractivity contribution >= 4 is 44.7 Å². The molecule has 2 aromatic heterocycles. The van der Waals surface area contributed by atoms with E-state index in [1.165, 1.54) is 7.11 Å². The van der Waals surface area contributed by atoms with Crippen LogP contribution in [0, 0.1) is 0 Å². The number of hydrogen-bond acceptors (Lipinski definition) is 6. The second-order valence-corrected chi connectivity index (χ2v) is 10.9. The van der Waals surface area contributed by atoms with Gasteiger partial charge >= 0.3 is 5.97 Å². The Hall–Kier alpha value is -4.22. The summed E-state index contributed by atoms with van der Waals surface area (Å²) in [6, 6.07) is 23.2. The number of rotatable bonds is 7. The quantitative estimate of drug-likeness (QED) is 0.262. The van der Waals surface area contributed by atoms with E-state index < -0.39 is 16.0 Å². The molecule has 1 aliphatic heterocycles. The number of carbonyl (C=O) groups excluding carboxylic acids is 1. The third kappa shape index (κ3) is 4.98. The minimum Gasteiger partial charge on any atom is -0.465 e. The van der Waals surface area contributed by atoms with E-state index >= 15 is 0 Å². The van der Waals surface area contributed by atoms with E-state index in [0.717, 1.165) is 23.3 Å². The maximum absolute atomic E-state index is 12.6. The molecule has 9 nitrogen and oxygen atoms in total. The average molecular weight is 548 g/mol. The lowest BCUT2D eigenvalue weighted by Gasteiger charge is -2.29. The summed E-state index contributed by atoms with van der Waals surface area (Å²) in [6.45, 7) is 0. The number of nitrogens with one attached hydrogen (secondary N) is 2. The first-order chi connectivity index (χ1) is 18.3. The highest BCUT2D eigenvalue weighted by Crippen LogP contribution is 2.42. The molecule has 11 heteroatoms. The van der Waals surface area contributed by atoms with Gasteiger partial charge in [0, 0.05) is 29.5 Å². The van der Waals surface area contributed by atoms with Crippen molar-refractivity contribution in [3.8, 4) is 5.69 Å². The summed E-state index contributed by atoms with van der Waals surface area (Å²) < 4.78 is 32.8. The standard InChI is InChI=1S/C27H25N5O4S2/c1-36-26(33)20-8-3-4-10-22(20)31-17-7-11-23(31)25-24(21-9-5-6-16-28-21)29-27(37)32(25)19-14-12-18(13-15-19)30-38(2,34)35/h3-17,24-25,30H,1-2H3,(H,29,37)/t24-,25+/m0/s1. The van der Waals surface area contributed by atoms with Crippen LogP contribution in [0.5, 0.6) is 0 Å². The molecule has 1 saturated heterocycles. The first-order valence-electron chi connectivity index (χ1n) is 11.7. The molecule has 194 valence electrons. The van der Waals surface area contributed by atoms with Crippen LogP contribution in [-0.2, 0) is 14.8 Å². The molecular formula is C27H25N5O4S2. The normalized spacial score (nSPS) is 17.2. The van der Waals surface area contributed by atoms with Crippen LogP contribution in [0.2, 0.25) is 0 Å². The highest BCUT2D eigenvalue weighted by molar-refractivity contribution is 7.92. The van der Waals surface area contributed by atoms with E-state index in [9.17, 15) is 13.2 Å². The number of ether oxygens (including phenoxy) is 1. The van der Waals surface area contributed by atoms with E-state index in [4.69, 9.17) is 17.0 Å². The molecule has 0 spiro atoms. The number of carbonyl (C=O) groups is 1. The van der Waals surface area contributed by atoms with Gasteiger partial charge in [-0.05, 0) is 72.9 Å². The minimum atomic E-state index is -3.41. The molecule has 0 bridgehead atoms. The molecule has 2 atom stereocenters. The van der Waals surface area contributed by atoms with E-state index in [2.05, 4.69) is 15.0 Å². The van der Waals surface area contributed by atoms with Gasteiger partial charge in [0.2, 0.25) is 10.0 Å². The van der Waals surface area contributed by atoms with Gasteiger partial charge in [-0.1, -0.05) is 18.2 Å². The molecule has 2 N–H and O–H groups in total. The summed E-state index contributed by atoms with van der Waals surface area (Å²) in [5.41, 5.74) is 3.97. The third-order valence-electron chi connectivity index (χ3n) is 6.20. The van der Waals surface area contributed by atoms with Gasteiger partial charge in [-0.2, -0.15) is 0 Å². The second kappa shape index (κ2) is 10.3. The molecule has 0 amide bonds. The molecule has 0 unspecified atom stereocenters. The largest absolute Gasteiger partial charge is 0.465 e. The predicted octanol–water partition coefficient (Wildman–Crippen LogP) is 4.21. The number of thiocarbonyl (C=S) groups is 1. The first kappa shape index (κ1) is 25.4. The maximum Gasteiger partial charge on any atom is 0.339 e. The average Bonchev–Trinajstić information content (AvgIpc) is 3.52. The van der Waals surface area contributed by atoms with Crippen molar-refractivity contribution in [2.24, 2.45) is 0 Å². The summed E-state index contributed by atoms with van der Waals surface area (Å²) in [4.78, 5) is 19.1. The number of benzene rings is 2. The molecule has 1 aliphatic rings. The van der Waals surface area contributed by atoms with Gasteiger partial charge in [0.05, 0.1) is 36.4 Å². The van der Waals surface area contributed by atoms with Crippen LogP contribution in [-0.4, -0.2) is 42.4 Å². The number of para-hydroxylation sites is 1. The lowest BCUT2D eigenvalue weighted by atomic mass is 10.0. The molecule has 1 fully saturated rings. The van der Waals surface area contributed by atoms with Crippen molar-refractivity contribution in [2.45, 2.75) is 12.1 Å². The van der Waals surface area contributed by atoms with E-state index in [1.807, 2.05) is 70.3 Å². The van der Waals surface area contributed by atoms with Crippen molar-refractivity contribution < 1.29 is 17.9 Å². The van der Waals surface area contributed by atoms with E-state index in [0.29, 0.717) is 22.1 Å². The van der Waals surface area contributed by atoms with Gasteiger partial charge in [-0.3, -0.25) is 9.71 Å². The lowest BCUT2D eigenvalue weighted by molar-refractivity contribution is 0.0600. The summed E-state index contributed by atoms with van der Waals surface area (Å²) in [5.74, 6) is -0.438. The number of anilines is 2. The van der Waals surface area contributed by atoms with Crippen molar-refractivity contribution in [3.63, 3.8) is 0 Å². The number of pyridine rings is 1. The number of aromatic nitrogens is 2. The maximum atomic E-state index is 12.6. The number of sulfonamides is 1. The molecule has 0 radical (unpaired) electrons. The zero-order chi connectivity index (χ0) is 26.9. The van der Waals surface area contributed by atoms with Crippen LogP contribution >= 0.6 is 12.2 Å². The van der Waals surface area contributed by atoms with Gasteiger partial charge in [-0.15, -0.1) is 0 Å². The van der Waals surface area contributed by atoms with Gasteiger partial charge in [0.25, 0.3) is 0 Å². The summed E-state index contributed by atoms with van der Waals surface area (Å²) in [6.07, 6.45) is 4.73. The van der Waals surface area contributed by atoms with E-state index in [-0.39, 0.29) is 12.1 Å². The second-order valence-electron chi connectivity index (χ2n) is 8.73. The number of hydrogen-bond donors (Lipinski definition) is 2. The van der Waals surface area contributed by atoms with Crippen LogP contribution in [0.4, 0.5) is 11.4 Å². The monoisotopic (exact) mass is 547 g/mol. The van der Waals surface area contributed by atoms with Gasteiger partial charge in [0.15, 0.2) is 5.11 Å². The highest BCUT2D eigenvalue weighted by atomic mass is 32.2. The van der Waals surface area contributed by atoms with Crippen molar-refractivity contribution in [1.29, 1.82) is 0 Å². The van der Waals surface area contributed by atoms with Crippen molar-refractivity contribution in [2.75, 3.05) is 23.0 Å². The summed E-state index contributed by atoms with van der Waals surface area (Å²) in [7, 11) is -2.05. The Kier molecular flexibility index (Phi) is 6.87. The van der Waals surface area contributed by atoms with Crippen molar-refractivity contribution in [1.82, 2.24) is 14.9 Å². The van der Waals surface area contributed by atoms with Gasteiger partial charge in [0.1, 0.15) is 6.04 Å². The molecule has 2 aromatic carbocycles. The molecule has 3 heterocycles. The van der Waals surface area contributed by atoms with Crippen LogP contribution in [0.1, 0.15) is 33.8 Å². The predicted molar refractivity (Wildman–Crippen MR) is 150 cm³/mol. The van der Waals surface area contributed by atoms with Crippen molar-refractivity contribution in [3.05, 3.63) is 108 Å². The number of methoxy groups -OCH3 is 1. The van der Waals surface area contributed by atoms with Crippen LogP contribution in [0.3, 0.4) is 0 Å². The van der Waals surface area contributed by atoms with Gasteiger partial charge in [-0.25, -0.2) is 13.2 Å². The zero-order valence-electron chi connectivity index (χ0n) is 20.6. The number of nitrogens with zero attached hydrogens (tertiary/aromatic N) is 3. The Morgan fingerprint density at radius 1 is 1.03 bits per heavy atom. The first-order valence-corrected chi connectivity index (χ1v) is 14.0. The lowest BCUT2D eigenvalue weighted by Crippen LogP contribution is -2.30. The third-order valence-corrected chi connectivity index (χ3v) is 7.12. The molecule has 38 heavy (non-hydrogen) atoms. The SMILES string of the molecule is COC(=O)c1ccccc1-n1cccc1[C@@H]1[C@H](c2ccccn2)NC(=S)N1c1ccc(NS(C)(=O)=O)cc1. The Bertz CT molecular complexity index is 1590. The molecule has 0 saturated carbocycles. The smallest absolute Gasteiger partial charge is 0.339 e. The van der Waals surface area contributed by atoms with Crippen LogP contribution < -0.4 is 14.9 Å². The van der Waals surface area contributed by atoms with Gasteiger partial charge < -0.3 is 19.5 Å². The molecule has 4 aromatic rings.